The first-order valence-corrected chi connectivity index (χ1v) is 18.6. The van der Waals surface area contributed by atoms with Gasteiger partial charge in [0.15, 0.2) is 17.5 Å². The van der Waals surface area contributed by atoms with Crippen molar-refractivity contribution in [3.63, 3.8) is 0 Å². The minimum Gasteiger partial charge on any atom is -0.457 e. The average molecular weight is 736 g/mol. The maximum atomic E-state index is 7.14. The Morgan fingerprint density at radius 2 is 0.650 bits per heavy atom. The van der Waals surface area contributed by atoms with Crippen molar-refractivity contribution in [1.82, 2.24) is 15.0 Å². The molecule has 0 aliphatic rings. The van der Waals surface area contributed by atoms with Crippen LogP contribution >= 0.6 is 0 Å². The van der Waals surface area contributed by atoms with E-state index in [-0.39, 0.29) is 105 Å². The molecule has 0 bridgehead atoms. The molecule has 0 aliphatic carbocycles. The molecule has 0 unspecified atom stereocenters. The summed E-state index contributed by atoms with van der Waals surface area (Å²) in [5, 5.41) is 0.527. The van der Waals surface area contributed by atoms with Crippen LogP contribution in [0.3, 0.4) is 0 Å². The van der Waals surface area contributed by atoms with E-state index >= 15 is 0 Å². The zero-order valence-corrected chi connectivity index (χ0v) is 32.0. The standard InChI is InChI=1S/C45H18B11N3O/c46-30-25(26-32(48)36(52)38(54)37(53)33(26)49)34(50)39(55)41-27(30)28-31(47)29(35(51)40(56)42(28)60-41)45-58-43(22-16-14-21(15-17-22)19-8-3-1-4-9-19)57-44(59-45)24-13-7-12-23(18-24)20-10-5-2-6-11-20/h1-18H. The van der Waals surface area contributed by atoms with Crippen LogP contribution in [-0.4, -0.2) is 101 Å². The van der Waals surface area contributed by atoms with Gasteiger partial charge in [-0.1, -0.05) is 147 Å². The number of furan rings is 1. The summed E-state index contributed by atoms with van der Waals surface area (Å²) < 4.78 is 6.28. The van der Waals surface area contributed by atoms with E-state index in [2.05, 4.69) is 0 Å². The van der Waals surface area contributed by atoms with Crippen molar-refractivity contribution in [1.29, 1.82) is 0 Å². The molecule has 0 N–H and O–H groups in total. The van der Waals surface area contributed by atoms with E-state index in [1.807, 2.05) is 109 Å². The number of fused-ring (bicyclic) bond motifs is 3. The topological polar surface area (TPSA) is 51.8 Å². The second-order valence-corrected chi connectivity index (χ2v) is 14.4. The van der Waals surface area contributed by atoms with Gasteiger partial charge in [-0.15, -0.1) is 16.4 Å². The van der Waals surface area contributed by atoms with Crippen LogP contribution in [0.15, 0.2) is 114 Å². The Hall–Kier alpha value is -5.94. The second-order valence-electron chi connectivity index (χ2n) is 14.4. The fraction of sp³-hybridized carbons (Fsp3) is 0. The molecule has 0 amide bonds. The number of hydrogen-bond donors (Lipinski definition) is 0. The molecular weight excluding hydrogens is 717 g/mol. The molecule has 4 nitrogen and oxygen atoms in total. The molecule has 9 rings (SSSR count). The van der Waals surface area contributed by atoms with Crippen molar-refractivity contribution < 1.29 is 4.42 Å². The summed E-state index contributed by atoms with van der Waals surface area (Å²) >= 11 is 0. The second kappa shape index (κ2) is 15.3. The summed E-state index contributed by atoms with van der Waals surface area (Å²) in [6, 6.07) is 35.8. The van der Waals surface area contributed by atoms with Gasteiger partial charge >= 0.3 is 0 Å². The molecule has 15 heteroatoms. The quantitative estimate of drug-likeness (QED) is 0.196. The third kappa shape index (κ3) is 6.36. The zero-order chi connectivity index (χ0) is 42.1. The number of aromatic nitrogens is 3. The van der Waals surface area contributed by atoms with Crippen LogP contribution < -0.4 is 60.1 Å². The Morgan fingerprint density at radius 1 is 0.283 bits per heavy atom. The van der Waals surface area contributed by atoms with Gasteiger partial charge in [0.2, 0.25) is 0 Å². The van der Waals surface area contributed by atoms with E-state index in [9.17, 15) is 0 Å². The smallest absolute Gasteiger partial charge is 0.164 e. The summed E-state index contributed by atoms with van der Waals surface area (Å²) in [6.45, 7) is 0. The number of rotatable bonds is 6. The Bertz CT molecular complexity index is 3180. The summed E-state index contributed by atoms with van der Waals surface area (Å²) in [5.74, 6) is 0.857. The Labute approximate surface area is 362 Å². The third-order valence-electron chi connectivity index (χ3n) is 10.9. The van der Waals surface area contributed by atoms with Gasteiger partial charge in [-0.05, 0) is 39.4 Å². The summed E-state index contributed by atoms with van der Waals surface area (Å²) in [6.07, 6.45) is 0. The minimum atomic E-state index is -0.00543. The first-order valence-electron chi connectivity index (χ1n) is 18.6. The number of nitrogens with zero attached hydrogens (tertiary/aromatic N) is 3. The van der Waals surface area contributed by atoms with Crippen LogP contribution in [0.5, 0.6) is 0 Å². The third-order valence-corrected chi connectivity index (χ3v) is 10.9. The Balaban J connectivity index is 1.31. The van der Waals surface area contributed by atoms with E-state index in [0.29, 0.717) is 17.2 Å². The largest absolute Gasteiger partial charge is 0.457 e. The van der Waals surface area contributed by atoms with Crippen LogP contribution in [0.25, 0.3) is 89.5 Å². The molecule has 0 saturated heterocycles. The van der Waals surface area contributed by atoms with Crippen molar-refractivity contribution >= 4 is 168 Å². The lowest BCUT2D eigenvalue weighted by Crippen LogP contribution is -2.56. The monoisotopic (exact) mass is 737 g/mol. The SMILES string of the molecule is [B]c1c([B])c([B])c(-c2c([B])c([B])c3oc4c([B])c([B])c(-c5nc(-c6ccc(-c7ccccc7)cc6)nc(-c6cccc(-c7ccccc7)c6)n5)c([B])c4c3c2[B])c([B])c1[B]. The highest BCUT2D eigenvalue weighted by Crippen LogP contribution is 2.31. The molecule has 252 valence electrons. The van der Waals surface area contributed by atoms with Crippen molar-refractivity contribution in [2.75, 3.05) is 0 Å². The molecule has 0 aliphatic heterocycles. The number of benzene rings is 7. The predicted molar refractivity (Wildman–Crippen MR) is 259 cm³/mol. The molecule has 60 heavy (non-hydrogen) atoms. The van der Waals surface area contributed by atoms with Gasteiger partial charge in [-0.3, -0.25) is 0 Å². The van der Waals surface area contributed by atoms with Crippen molar-refractivity contribution in [3.8, 4) is 67.5 Å². The normalized spacial score (nSPS) is 11.4. The highest BCUT2D eigenvalue weighted by Gasteiger charge is 2.26. The zero-order valence-electron chi connectivity index (χ0n) is 32.0. The van der Waals surface area contributed by atoms with E-state index in [0.717, 1.165) is 27.8 Å². The molecule has 0 spiro atoms. The van der Waals surface area contributed by atoms with E-state index in [1.54, 1.807) is 0 Å². The maximum Gasteiger partial charge on any atom is 0.164 e. The van der Waals surface area contributed by atoms with Gasteiger partial charge in [-0.25, -0.2) is 15.0 Å². The van der Waals surface area contributed by atoms with E-state index in [1.165, 1.54) is 0 Å². The minimum absolute atomic E-state index is 0.0000472. The molecular formula is C45H18B11N3O. The van der Waals surface area contributed by atoms with Crippen LogP contribution in [0.4, 0.5) is 0 Å². The summed E-state index contributed by atoms with van der Waals surface area (Å²) in [5.41, 5.74) is 6.44. The van der Waals surface area contributed by atoms with Gasteiger partial charge in [0, 0.05) is 27.5 Å². The molecule has 9 aromatic rings. The van der Waals surface area contributed by atoms with Crippen LogP contribution in [0.1, 0.15) is 0 Å². The fourth-order valence-corrected chi connectivity index (χ4v) is 7.66. The lowest BCUT2D eigenvalue weighted by molar-refractivity contribution is 0.675. The molecule has 0 atom stereocenters. The van der Waals surface area contributed by atoms with Crippen molar-refractivity contribution in [3.05, 3.63) is 109 Å². The van der Waals surface area contributed by atoms with Crippen molar-refractivity contribution in [2.24, 2.45) is 0 Å². The van der Waals surface area contributed by atoms with E-state index in [4.69, 9.17) is 106 Å². The predicted octanol–water partition coefficient (Wildman–Crippen LogP) is -1.50. The van der Waals surface area contributed by atoms with E-state index < -0.39 is 0 Å². The van der Waals surface area contributed by atoms with Gasteiger partial charge in [0.25, 0.3) is 0 Å². The highest BCUT2D eigenvalue weighted by atomic mass is 16.3. The van der Waals surface area contributed by atoms with Crippen LogP contribution in [-0.2, 0) is 0 Å². The van der Waals surface area contributed by atoms with Gasteiger partial charge in [0.1, 0.15) is 97.5 Å². The number of hydrogen-bond acceptors (Lipinski definition) is 4. The molecule has 2 aromatic heterocycles. The maximum absolute atomic E-state index is 7.14. The molecule has 0 saturated carbocycles. The Kier molecular flexibility index (Phi) is 10.1. The lowest BCUT2D eigenvalue weighted by Gasteiger charge is -2.25. The van der Waals surface area contributed by atoms with Crippen molar-refractivity contribution in [2.45, 2.75) is 0 Å². The molecule has 0 fully saturated rings. The highest BCUT2D eigenvalue weighted by molar-refractivity contribution is 6.71. The van der Waals surface area contributed by atoms with Crippen LogP contribution in [0.2, 0.25) is 0 Å². The van der Waals surface area contributed by atoms with Gasteiger partial charge < -0.3 is 4.42 Å². The first-order chi connectivity index (χ1) is 28.8. The molecule has 2 heterocycles. The first kappa shape index (κ1) is 39.5. The fourth-order valence-electron chi connectivity index (χ4n) is 7.66. The summed E-state index contributed by atoms with van der Waals surface area (Å²) in [7, 11) is 72.6. The van der Waals surface area contributed by atoms with Gasteiger partial charge in [0.05, 0.1) is 0 Å². The lowest BCUT2D eigenvalue weighted by atomic mass is 9.57. The van der Waals surface area contributed by atoms with Crippen LogP contribution in [0, 0.1) is 0 Å². The summed E-state index contributed by atoms with van der Waals surface area (Å²) in [4.78, 5) is 14.9. The average Bonchev–Trinajstić information content (AvgIpc) is 3.70. The molecule has 22 radical (unpaired) electrons. The van der Waals surface area contributed by atoms with Gasteiger partial charge in [-0.2, -0.15) is 0 Å². The Morgan fingerprint density at radius 3 is 1.22 bits per heavy atom. The molecule has 7 aromatic carbocycles.